The van der Waals surface area contributed by atoms with E-state index in [0.717, 1.165) is 81.0 Å². The molecule has 0 atom stereocenters. The van der Waals surface area contributed by atoms with Crippen LogP contribution in [0.15, 0.2) is 195 Å². The third-order valence-electron chi connectivity index (χ3n) is 13.6. The maximum absolute atomic E-state index is 13.1. The first kappa shape index (κ1) is 60.3. The van der Waals surface area contributed by atoms with E-state index in [1.54, 1.807) is 30.5 Å². The smallest absolute Gasteiger partial charge is 0.399 e. The lowest BCUT2D eigenvalue weighted by Gasteiger charge is -2.32. The highest BCUT2D eigenvalue weighted by molar-refractivity contribution is 7.88. The number of nitrogens with zero attached hydrogens (tertiary/aromatic N) is 4. The zero-order valence-corrected chi connectivity index (χ0v) is 46.2. The molecule has 11 rings (SSSR count). The van der Waals surface area contributed by atoms with Crippen molar-refractivity contribution in [2.45, 2.75) is 56.8 Å². The van der Waals surface area contributed by atoms with Gasteiger partial charge in [0.05, 0.1) is 27.8 Å². The summed E-state index contributed by atoms with van der Waals surface area (Å²) in [4.78, 5) is 16.2. The fraction of sp³-hybridized carbons (Fsp3) is 0.148. The minimum Gasteiger partial charge on any atom is -0.399 e. The number of nitrogens with one attached hydrogen (secondary N) is 2. The molecule has 0 spiro atoms. The van der Waals surface area contributed by atoms with Gasteiger partial charge in [0.1, 0.15) is 18.2 Å². The van der Waals surface area contributed by atoms with Crippen molar-refractivity contribution >= 4 is 78.6 Å². The Morgan fingerprint density at radius 1 is 0.494 bits per heavy atom. The SMILES string of the molecule is CC1(C)OB(c2cccc(N)c2)OC1(C)C.Nc1cccc(-c2cc(-c3cccc(Nc4cccc(C(F)(F)F)c4)c3)cc3cncnc23)c1.O=S(=O)(Oc1cc(-c2cccc(Nc3cccc(C(F)(F)F)c3)c2)cc2cncnc12)C(F)(F)F. The molecule has 2 aromatic heterocycles. The summed E-state index contributed by atoms with van der Waals surface area (Å²) in [5.74, 6) is -0.659. The topological polar surface area (TPSA) is 189 Å². The quantitative estimate of drug-likeness (QED) is 0.0333. The van der Waals surface area contributed by atoms with Crippen molar-refractivity contribution in [2.75, 3.05) is 22.1 Å². The summed E-state index contributed by atoms with van der Waals surface area (Å²) >= 11 is 0. The Balaban J connectivity index is 0.000000163. The Bertz CT molecular complexity index is 4170. The highest BCUT2D eigenvalue weighted by Crippen LogP contribution is 2.40. The van der Waals surface area contributed by atoms with Crippen molar-refractivity contribution in [1.82, 2.24) is 19.9 Å². The second-order valence-electron chi connectivity index (χ2n) is 20.4. The molecular formula is C61H50BF9N8O5S. The molecule has 3 heterocycles. The number of alkyl halides is 9. The van der Waals surface area contributed by atoms with Crippen LogP contribution in [-0.2, 0) is 31.8 Å². The lowest BCUT2D eigenvalue weighted by Crippen LogP contribution is -2.41. The predicted molar refractivity (Wildman–Crippen MR) is 311 cm³/mol. The molecule has 0 amide bonds. The lowest BCUT2D eigenvalue weighted by molar-refractivity contribution is -0.138. The third-order valence-corrected chi connectivity index (χ3v) is 14.6. The van der Waals surface area contributed by atoms with Gasteiger partial charge in [0.25, 0.3) is 0 Å². The number of hydrogen-bond donors (Lipinski definition) is 4. The Kier molecular flexibility index (Phi) is 16.9. The van der Waals surface area contributed by atoms with E-state index in [4.69, 9.17) is 20.8 Å². The number of aromatic nitrogens is 4. The summed E-state index contributed by atoms with van der Waals surface area (Å²) in [6.45, 7) is 8.16. The highest BCUT2D eigenvalue weighted by Gasteiger charge is 2.52. The fourth-order valence-corrected chi connectivity index (χ4v) is 9.24. The second-order valence-corrected chi connectivity index (χ2v) is 21.9. The number of anilines is 6. The van der Waals surface area contributed by atoms with Crippen molar-refractivity contribution in [2.24, 2.45) is 0 Å². The molecule has 6 N–H and O–H groups in total. The molecule has 10 aromatic rings. The monoisotopic (exact) mass is 1190 g/mol. The van der Waals surface area contributed by atoms with Gasteiger partial charge in [-0.1, -0.05) is 60.7 Å². The molecule has 85 heavy (non-hydrogen) atoms. The Labute approximate surface area is 482 Å². The van der Waals surface area contributed by atoms with Crippen LogP contribution >= 0.6 is 0 Å². The molecule has 1 aliphatic heterocycles. The number of rotatable bonds is 10. The van der Waals surface area contributed by atoms with E-state index >= 15 is 0 Å². The highest BCUT2D eigenvalue weighted by atomic mass is 32.2. The van der Waals surface area contributed by atoms with E-state index in [0.29, 0.717) is 28.3 Å². The van der Waals surface area contributed by atoms with Gasteiger partial charge >= 0.3 is 35.1 Å². The van der Waals surface area contributed by atoms with Crippen LogP contribution in [0.5, 0.6) is 5.75 Å². The molecule has 24 heteroatoms. The van der Waals surface area contributed by atoms with E-state index in [-0.39, 0.29) is 40.5 Å². The molecule has 0 saturated carbocycles. The first-order valence-electron chi connectivity index (χ1n) is 25.7. The summed E-state index contributed by atoms with van der Waals surface area (Å²) in [5.41, 5.74) is 12.8. The van der Waals surface area contributed by atoms with Crippen molar-refractivity contribution in [3.05, 3.63) is 206 Å². The zero-order valence-electron chi connectivity index (χ0n) is 45.3. The molecule has 1 saturated heterocycles. The summed E-state index contributed by atoms with van der Waals surface area (Å²) in [7, 11) is -6.30. The molecule has 13 nitrogen and oxygen atoms in total. The zero-order chi connectivity index (χ0) is 61.1. The van der Waals surface area contributed by atoms with Crippen LogP contribution in [0.4, 0.5) is 73.6 Å². The van der Waals surface area contributed by atoms with Gasteiger partial charge in [-0.25, -0.2) is 19.9 Å². The minimum absolute atomic E-state index is 0.157. The molecule has 1 fully saturated rings. The van der Waals surface area contributed by atoms with Gasteiger partial charge in [-0.05, 0) is 170 Å². The molecule has 0 aliphatic carbocycles. The summed E-state index contributed by atoms with van der Waals surface area (Å²) in [6, 6.07) is 45.2. The van der Waals surface area contributed by atoms with Gasteiger partial charge in [-0.2, -0.15) is 47.9 Å². The average molecular weight is 1190 g/mol. The number of fused-ring (bicyclic) bond motifs is 2. The molecule has 436 valence electrons. The molecule has 1 aliphatic rings. The maximum Gasteiger partial charge on any atom is 0.534 e. The summed E-state index contributed by atoms with van der Waals surface area (Å²) in [6.07, 6.45) is -3.37. The maximum atomic E-state index is 13.1. The standard InChI is InChI=1S/C27H19F3N4.C22H13F6N3O3S.C12H18BNO2/c28-27(29,30)21-6-3-9-24(14-21)34-23-8-2-4-17(12-23)19-10-20-15-32-16-33-26(20)25(13-19)18-5-1-7-22(31)11-18;23-21(24,25)16-4-2-6-18(10-16)31-17-5-1-3-13(8-17)14-7-15-11-29-12-30-20(15)19(9-14)34-35(32,33)22(26,27)28;1-11(2)12(3,4)16-13(15-11)9-6-5-7-10(14)8-9/h1-16,34H,31H2;1-12,31H;5-8H,14H2,1-4H3. The van der Waals surface area contributed by atoms with Gasteiger partial charge < -0.3 is 35.6 Å². The van der Waals surface area contributed by atoms with Crippen LogP contribution in [0, 0.1) is 0 Å². The second kappa shape index (κ2) is 23.8. The van der Waals surface area contributed by atoms with Gasteiger partial charge in [0.15, 0.2) is 5.75 Å². The van der Waals surface area contributed by atoms with Crippen molar-refractivity contribution in [3.8, 4) is 39.1 Å². The van der Waals surface area contributed by atoms with Gasteiger partial charge in [0, 0.05) is 62.9 Å². The van der Waals surface area contributed by atoms with E-state index in [1.807, 2.05) is 113 Å². The van der Waals surface area contributed by atoms with E-state index in [2.05, 4.69) is 34.8 Å². The molecule has 0 radical (unpaired) electrons. The van der Waals surface area contributed by atoms with E-state index in [1.165, 1.54) is 42.9 Å². The molecule has 8 aromatic carbocycles. The van der Waals surface area contributed by atoms with Gasteiger partial charge in [0.2, 0.25) is 0 Å². The largest absolute Gasteiger partial charge is 0.534 e. The number of hydrogen-bond acceptors (Lipinski definition) is 13. The molecule has 0 unspecified atom stereocenters. The van der Waals surface area contributed by atoms with E-state index < -0.39 is 44.9 Å². The third kappa shape index (κ3) is 14.4. The predicted octanol–water partition coefficient (Wildman–Crippen LogP) is 15.2. The van der Waals surface area contributed by atoms with Crippen molar-refractivity contribution in [1.29, 1.82) is 0 Å². The summed E-state index contributed by atoms with van der Waals surface area (Å²) in [5, 5.41) is 6.98. The van der Waals surface area contributed by atoms with Crippen LogP contribution in [0.3, 0.4) is 0 Å². The van der Waals surface area contributed by atoms with Gasteiger partial charge in [-0.3, -0.25) is 0 Å². The van der Waals surface area contributed by atoms with Crippen molar-refractivity contribution in [3.63, 3.8) is 0 Å². The van der Waals surface area contributed by atoms with Crippen LogP contribution in [0.2, 0.25) is 0 Å². The lowest BCUT2D eigenvalue weighted by atomic mass is 9.79. The summed E-state index contributed by atoms with van der Waals surface area (Å²) < 4.78 is 156. The first-order chi connectivity index (χ1) is 40.0. The van der Waals surface area contributed by atoms with Crippen LogP contribution in [0.1, 0.15) is 38.8 Å². The number of nitrogen functional groups attached to an aromatic ring is 2. The fourth-order valence-electron chi connectivity index (χ4n) is 8.78. The molecular weight excluding hydrogens is 1140 g/mol. The van der Waals surface area contributed by atoms with E-state index in [9.17, 15) is 47.9 Å². The Hall–Kier alpha value is -9.26. The van der Waals surface area contributed by atoms with Gasteiger partial charge in [-0.15, -0.1) is 0 Å². The van der Waals surface area contributed by atoms with Crippen molar-refractivity contribution < 1.29 is 61.4 Å². The molecule has 0 bridgehead atoms. The Morgan fingerprint density at radius 2 is 0.929 bits per heavy atom. The normalized spacial score (nSPS) is 14.0. The van der Waals surface area contributed by atoms with Crippen LogP contribution < -0.4 is 31.7 Å². The number of benzene rings is 8. The average Bonchev–Trinajstić information content (AvgIpc) is 3.97. The first-order valence-corrected chi connectivity index (χ1v) is 27.1. The minimum atomic E-state index is -5.97. The Morgan fingerprint density at radius 3 is 1.42 bits per heavy atom. The number of nitrogens with two attached hydrogens (primary N) is 2. The van der Waals surface area contributed by atoms with Crippen LogP contribution in [-0.4, -0.2) is 52.2 Å². The van der Waals surface area contributed by atoms with Crippen LogP contribution in [0.25, 0.3) is 55.2 Å². The number of halogens is 9.